The molecule has 0 unspecified atom stereocenters. The number of fused-ring (bicyclic) bond motifs is 3. The highest BCUT2D eigenvalue weighted by molar-refractivity contribution is 5.93. The minimum absolute atomic E-state index is 0.136. The summed E-state index contributed by atoms with van der Waals surface area (Å²) < 4.78 is 22.9. The minimum atomic E-state index is -0.495. The van der Waals surface area contributed by atoms with Crippen molar-refractivity contribution < 1.29 is 8.81 Å². The number of rotatable bonds is 4. The van der Waals surface area contributed by atoms with Crippen LogP contribution in [0.3, 0.4) is 0 Å². The maximum atomic E-state index is 14.4. The van der Waals surface area contributed by atoms with E-state index in [1.807, 2.05) is 53.1 Å². The van der Waals surface area contributed by atoms with Crippen molar-refractivity contribution in [2.45, 2.75) is 6.54 Å². The minimum Gasteiger partial charge on any atom is -0.445 e. The number of halogens is 1. The first kappa shape index (κ1) is 19.2. The summed E-state index contributed by atoms with van der Waals surface area (Å²) in [6, 6.07) is 21.8. The highest BCUT2D eigenvalue weighted by Gasteiger charge is 2.22. The van der Waals surface area contributed by atoms with Gasteiger partial charge in [-0.25, -0.2) is 9.37 Å². The van der Waals surface area contributed by atoms with Crippen LogP contribution >= 0.6 is 0 Å². The van der Waals surface area contributed by atoms with Crippen LogP contribution in [0.1, 0.15) is 5.56 Å². The summed E-state index contributed by atoms with van der Waals surface area (Å²) in [4.78, 5) is 17.4. The van der Waals surface area contributed by atoms with Crippen LogP contribution in [0.25, 0.3) is 39.3 Å². The normalized spacial score (nSPS) is 11.4. The topological polar surface area (TPSA) is 65.8 Å². The van der Waals surface area contributed by atoms with Gasteiger partial charge in [0.25, 0.3) is 5.56 Å². The fourth-order valence-electron chi connectivity index (χ4n) is 4.11. The second-order valence-electron chi connectivity index (χ2n) is 7.74. The summed E-state index contributed by atoms with van der Waals surface area (Å²) in [6.07, 6.45) is 4.96. The van der Waals surface area contributed by atoms with E-state index in [0.717, 1.165) is 26.7 Å². The molecule has 33 heavy (non-hydrogen) atoms. The van der Waals surface area contributed by atoms with Gasteiger partial charge in [0.05, 0.1) is 17.3 Å². The molecule has 3 aromatic carbocycles. The molecule has 0 saturated carbocycles. The van der Waals surface area contributed by atoms with Crippen LogP contribution in [0.15, 0.2) is 101 Å². The Morgan fingerprint density at radius 2 is 1.73 bits per heavy atom. The molecule has 2 aliphatic rings. The third-order valence-corrected chi connectivity index (χ3v) is 5.70. The maximum absolute atomic E-state index is 14.4. The monoisotopic (exact) mass is 436 g/mol. The molecule has 1 aromatic heterocycles. The average molecular weight is 436 g/mol. The quantitative estimate of drug-likeness (QED) is 0.384. The molecule has 2 aliphatic heterocycles. The molecule has 7 heteroatoms. The maximum Gasteiger partial charge on any atom is 0.282 e. The summed E-state index contributed by atoms with van der Waals surface area (Å²) >= 11 is 0. The summed E-state index contributed by atoms with van der Waals surface area (Å²) in [5.41, 5.74) is 3.64. The second kappa shape index (κ2) is 7.56. The molecule has 0 aliphatic carbocycles. The summed E-state index contributed by atoms with van der Waals surface area (Å²) in [5, 5.41) is 5.33. The van der Waals surface area contributed by atoms with Crippen molar-refractivity contribution in [1.82, 2.24) is 19.3 Å². The van der Waals surface area contributed by atoms with Crippen molar-refractivity contribution >= 4 is 10.9 Å². The van der Waals surface area contributed by atoms with Crippen molar-refractivity contribution in [2.75, 3.05) is 0 Å². The highest BCUT2D eigenvalue weighted by atomic mass is 19.1. The molecule has 6 nitrogen and oxygen atoms in total. The molecule has 160 valence electrons. The number of oxazole rings is 1. The Bertz CT molecular complexity index is 1620. The first-order valence-corrected chi connectivity index (χ1v) is 10.4. The number of hydrogen-bond acceptors (Lipinski definition) is 4. The Labute approximate surface area is 187 Å². The molecule has 3 heterocycles. The molecule has 0 saturated heterocycles. The Balaban J connectivity index is 1.48. The lowest BCUT2D eigenvalue weighted by atomic mass is 10.1. The van der Waals surface area contributed by atoms with E-state index in [2.05, 4.69) is 10.1 Å². The molecular formula is C26H17FN4O2. The van der Waals surface area contributed by atoms with Gasteiger partial charge in [0.1, 0.15) is 23.5 Å². The molecule has 6 rings (SSSR count). The lowest BCUT2D eigenvalue weighted by Gasteiger charge is -2.14. The highest BCUT2D eigenvalue weighted by Crippen LogP contribution is 2.29. The molecular weight excluding hydrogens is 419 g/mol. The van der Waals surface area contributed by atoms with Crippen molar-refractivity contribution in [3.8, 4) is 28.4 Å². The molecule has 0 amide bonds. The van der Waals surface area contributed by atoms with E-state index in [9.17, 15) is 9.18 Å². The van der Waals surface area contributed by atoms with Gasteiger partial charge in [-0.15, -0.1) is 0 Å². The molecule has 0 fully saturated rings. The lowest BCUT2D eigenvalue weighted by molar-refractivity contribution is 0.574. The number of benzene rings is 3. The molecule has 0 bridgehead atoms. The number of aromatic nitrogens is 4. The first-order valence-electron chi connectivity index (χ1n) is 10.4. The largest absolute Gasteiger partial charge is 0.445 e. The van der Waals surface area contributed by atoms with Gasteiger partial charge in [0.15, 0.2) is 0 Å². The Hall–Kier alpha value is -4.52. The zero-order chi connectivity index (χ0) is 22.4. The number of para-hydroxylation sites is 2. The van der Waals surface area contributed by atoms with E-state index in [0.29, 0.717) is 23.7 Å². The van der Waals surface area contributed by atoms with Gasteiger partial charge < -0.3 is 8.98 Å². The van der Waals surface area contributed by atoms with Gasteiger partial charge in [-0.05, 0) is 35.9 Å². The van der Waals surface area contributed by atoms with Crippen molar-refractivity contribution in [1.29, 1.82) is 0 Å². The summed E-state index contributed by atoms with van der Waals surface area (Å²) in [5.74, 6) is 0.0725. The van der Waals surface area contributed by atoms with Gasteiger partial charge in [-0.3, -0.25) is 4.79 Å². The van der Waals surface area contributed by atoms with Gasteiger partial charge in [-0.1, -0.05) is 42.5 Å². The summed E-state index contributed by atoms with van der Waals surface area (Å²) in [7, 11) is 0. The zero-order valence-corrected chi connectivity index (χ0v) is 17.4. The molecule has 0 radical (unpaired) electrons. The molecule has 0 spiro atoms. The van der Waals surface area contributed by atoms with E-state index in [4.69, 9.17) is 4.42 Å². The standard InChI is InChI=1S/C26H17FN4O2/c27-21-6-2-4-8-23(21)31-26(32)20-16-30(22-7-3-1-5-19(22)24(20)29-31)15-17-9-11-18(12-10-17)25-28-13-14-33-25/h1-14,16H,15H2. The third kappa shape index (κ3) is 3.22. The van der Waals surface area contributed by atoms with E-state index >= 15 is 0 Å². The van der Waals surface area contributed by atoms with E-state index in [-0.39, 0.29) is 11.2 Å². The van der Waals surface area contributed by atoms with Crippen LogP contribution in [-0.4, -0.2) is 19.3 Å². The third-order valence-electron chi connectivity index (χ3n) is 5.70. The van der Waals surface area contributed by atoms with Crippen molar-refractivity contribution in [3.05, 3.63) is 113 Å². The van der Waals surface area contributed by atoms with Crippen molar-refractivity contribution in [3.63, 3.8) is 0 Å². The predicted octanol–water partition coefficient (Wildman–Crippen LogP) is 5.13. The van der Waals surface area contributed by atoms with Crippen LogP contribution in [0.5, 0.6) is 0 Å². The average Bonchev–Trinajstić information content (AvgIpc) is 3.49. The van der Waals surface area contributed by atoms with E-state index in [1.54, 1.807) is 36.9 Å². The van der Waals surface area contributed by atoms with Crippen LogP contribution in [0.4, 0.5) is 4.39 Å². The van der Waals surface area contributed by atoms with Crippen LogP contribution < -0.4 is 5.56 Å². The number of nitrogens with zero attached hydrogens (tertiary/aromatic N) is 4. The van der Waals surface area contributed by atoms with E-state index < -0.39 is 5.82 Å². The van der Waals surface area contributed by atoms with E-state index in [1.165, 1.54) is 6.07 Å². The second-order valence-corrected chi connectivity index (χ2v) is 7.74. The zero-order valence-electron chi connectivity index (χ0n) is 17.4. The Kier molecular flexibility index (Phi) is 4.40. The lowest BCUT2D eigenvalue weighted by Crippen LogP contribution is -2.16. The van der Waals surface area contributed by atoms with Crippen LogP contribution in [-0.2, 0) is 6.54 Å². The Morgan fingerprint density at radius 1 is 0.939 bits per heavy atom. The first-order chi connectivity index (χ1) is 16.2. The SMILES string of the molecule is O=c1c2cn(Cc3ccc(-c4ncco4)cc3)c3ccccc3c-2nn1-c1ccccc1F. The number of hydrogen-bond donors (Lipinski definition) is 0. The van der Waals surface area contributed by atoms with Gasteiger partial charge in [0, 0.05) is 23.7 Å². The fraction of sp³-hybridized carbons (Fsp3) is 0.0385. The van der Waals surface area contributed by atoms with Crippen LogP contribution in [0, 0.1) is 5.82 Å². The number of pyridine rings is 1. The Morgan fingerprint density at radius 3 is 2.52 bits per heavy atom. The molecule has 4 aromatic rings. The molecule has 0 N–H and O–H groups in total. The van der Waals surface area contributed by atoms with Gasteiger partial charge in [0.2, 0.25) is 5.89 Å². The van der Waals surface area contributed by atoms with Gasteiger partial charge >= 0.3 is 0 Å². The summed E-state index contributed by atoms with van der Waals surface area (Å²) in [6.45, 7) is 0.548. The predicted molar refractivity (Wildman–Crippen MR) is 123 cm³/mol. The smallest absolute Gasteiger partial charge is 0.282 e. The fourth-order valence-corrected chi connectivity index (χ4v) is 4.11. The van der Waals surface area contributed by atoms with Crippen molar-refractivity contribution in [2.24, 2.45) is 0 Å². The van der Waals surface area contributed by atoms with Crippen LogP contribution in [0.2, 0.25) is 0 Å². The van der Waals surface area contributed by atoms with Gasteiger partial charge in [-0.2, -0.15) is 9.78 Å². The molecule has 0 atom stereocenters.